The van der Waals surface area contributed by atoms with E-state index in [-0.39, 0.29) is 17.3 Å². The lowest BCUT2D eigenvalue weighted by Crippen LogP contribution is -2.27. The van der Waals surface area contributed by atoms with E-state index in [1.54, 1.807) is 0 Å². The molecule has 0 bridgehead atoms. The Morgan fingerprint density at radius 2 is 2.35 bits per heavy atom. The molecule has 3 N–H and O–H groups in total. The summed E-state index contributed by atoms with van der Waals surface area (Å²) in [5, 5.41) is 2.76. The van der Waals surface area contributed by atoms with Crippen LogP contribution in [0.15, 0.2) is 12.3 Å². The first-order valence-electron chi connectivity index (χ1n) is 5.59. The maximum Gasteiger partial charge on any atom is 0.255 e. The van der Waals surface area contributed by atoms with Crippen LogP contribution in [0, 0.1) is 17.2 Å². The minimum atomic E-state index is -0.559. The zero-order chi connectivity index (χ0) is 12.6. The molecule has 0 saturated heterocycles. The van der Waals surface area contributed by atoms with E-state index in [1.165, 1.54) is 0 Å². The molecule has 4 nitrogen and oxygen atoms in total. The van der Waals surface area contributed by atoms with Gasteiger partial charge >= 0.3 is 0 Å². The molecular weight excluding hydrogens is 221 g/mol. The highest BCUT2D eigenvalue weighted by Crippen LogP contribution is 2.50. The number of pyridine rings is 1. The summed E-state index contributed by atoms with van der Waals surface area (Å²) in [5.41, 5.74) is 5.93. The van der Waals surface area contributed by atoms with Crippen molar-refractivity contribution in [1.82, 2.24) is 10.3 Å². The molecule has 1 amide bonds. The molecule has 1 aliphatic carbocycles. The number of nitrogen functional groups attached to an aromatic ring is 1. The van der Waals surface area contributed by atoms with Gasteiger partial charge in [0.25, 0.3) is 5.91 Å². The zero-order valence-corrected chi connectivity index (χ0v) is 9.96. The first kappa shape index (κ1) is 11.8. The van der Waals surface area contributed by atoms with E-state index in [1.807, 2.05) is 0 Å². The van der Waals surface area contributed by atoms with Crippen molar-refractivity contribution >= 4 is 11.7 Å². The molecule has 1 aromatic rings. The molecule has 0 aliphatic heterocycles. The van der Waals surface area contributed by atoms with Crippen LogP contribution in [0.1, 0.15) is 30.6 Å². The topological polar surface area (TPSA) is 68.0 Å². The molecular formula is C12H16FN3O. The van der Waals surface area contributed by atoms with Crippen LogP contribution in [0.3, 0.4) is 0 Å². The monoisotopic (exact) mass is 237 g/mol. The normalized spacial score (nSPS) is 21.0. The Bertz CT molecular complexity index is 459. The summed E-state index contributed by atoms with van der Waals surface area (Å²) in [6.07, 6.45) is 2.10. The molecule has 1 heterocycles. The number of carbonyl (C=O) groups is 1. The smallest absolute Gasteiger partial charge is 0.255 e. The molecule has 0 radical (unpaired) electrons. The quantitative estimate of drug-likeness (QED) is 0.838. The van der Waals surface area contributed by atoms with Gasteiger partial charge in [-0.15, -0.1) is 0 Å². The molecule has 1 aromatic heterocycles. The van der Waals surface area contributed by atoms with E-state index in [9.17, 15) is 9.18 Å². The van der Waals surface area contributed by atoms with Gasteiger partial charge in [0.1, 0.15) is 11.6 Å². The van der Waals surface area contributed by atoms with Crippen molar-refractivity contribution < 1.29 is 9.18 Å². The maximum atomic E-state index is 12.9. The number of hydrogen-bond acceptors (Lipinski definition) is 3. The number of halogens is 1. The predicted molar refractivity (Wildman–Crippen MR) is 62.8 cm³/mol. The fourth-order valence-electron chi connectivity index (χ4n) is 1.87. The lowest BCUT2D eigenvalue weighted by molar-refractivity contribution is 0.0950. The van der Waals surface area contributed by atoms with Crippen molar-refractivity contribution in [3.63, 3.8) is 0 Å². The molecule has 17 heavy (non-hydrogen) atoms. The van der Waals surface area contributed by atoms with Crippen molar-refractivity contribution in [2.45, 2.75) is 20.3 Å². The summed E-state index contributed by atoms with van der Waals surface area (Å²) in [4.78, 5) is 15.4. The number of nitrogens with two attached hydrogens (primary N) is 1. The molecule has 92 valence electrons. The summed E-state index contributed by atoms with van der Waals surface area (Å²) in [7, 11) is 0. The van der Waals surface area contributed by atoms with Crippen molar-refractivity contribution in [1.29, 1.82) is 0 Å². The maximum absolute atomic E-state index is 12.9. The van der Waals surface area contributed by atoms with Crippen LogP contribution in [0.25, 0.3) is 0 Å². The molecule has 0 aromatic carbocycles. The number of amides is 1. The van der Waals surface area contributed by atoms with Crippen LogP contribution < -0.4 is 11.1 Å². The molecule has 1 atom stereocenters. The molecule has 5 heteroatoms. The van der Waals surface area contributed by atoms with Crippen LogP contribution in [-0.2, 0) is 0 Å². The zero-order valence-electron chi connectivity index (χ0n) is 9.96. The van der Waals surface area contributed by atoms with Crippen LogP contribution >= 0.6 is 0 Å². The third kappa shape index (κ3) is 2.54. The average Bonchev–Trinajstić information content (AvgIpc) is 2.87. The number of rotatable bonds is 3. The number of anilines is 1. The van der Waals surface area contributed by atoms with Gasteiger partial charge in [0.2, 0.25) is 0 Å². The third-order valence-corrected chi connectivity index (χ3v) is 3.36. The predicted octanol–water partition coefficient (Wildman–Crippen LogP) is 1.58. The Hall–Kier alpha value is -1.65. The number of nitrogens with one attached hydrogen (secondary N) is 1. The van der Waals surface area contributed by atoms with Crippen molar-refractivity contribution in [3.8, 4) is 0 Å². The van der Waals surface area contributed by atoms with E-state index >= 15 is 0 Å². The van der Waals surface area contributed by atoms with Gasteiger partial charge in [-0.1, -0.05) is 13.8 Å². The number of carbonyl (C=O) groups excluding carboxylic acids is 1. The lowest BCUT2D eigenvalue weighted by atomic mass is 10.1. The average molecular weight is 237 g/mol. The van der Waals surface area contributed by atoms with Crippen molar-refractivity contribution in [3.05, 3.63) is 23.6 Å². The highest BCUT2D eigenvalue weighted by Gasteiger charge is 2.45. The van der Waals surface area contributed by atoms with E-state index in [2.05, 4.69) is 24.1 Å². The van der Waals surface area contributed by atoms with E-state index in [4.69, 9.17) is 5.73 Å². The standard InChI is InChI=1S/C12H16FN3O/c1-12(2)4-7(12)5-16-11(17)9-3-8(13)6-15-10(9)14/h3,6-7H,4-5H2,1-2H3,(H2,14,15)(H,16,17). The summed E-state index contributed by atoms with van der Waals surface area (Å²) in [5.74, 6) is -0.374. The fraction of sp³-hybridized carbons (Fsp3) is 0.500. The summed E-state index contributed by atoms with van der Waals surface area (Å²) in [6, 6.07) is 1.11. The fourth-order valence-corrected chi connectivity index (χ4v) is 1.87. The first-order chi connectivity index (χ1) is 7.90. The minimum absolute atomic E-state index is 0.0546. The van der Waals surface area contributed by atoms with Gasteiger partial charge in [0, 0.05) is 6.54 Å². The second-order valence-corrected chi connectivity index (χ2v) is 5.19. The van der Waals surface area contributed by atoms with Gasteiger partial charge < -0.3 is 11.1 Å². The molecule has 0 spiro atoms. The van der Waals surface area contributed by atoms with Crippen molar-refractivity contribution in [2.75, 3.05) is 12.3 Å². The first-order valence-corrected chi connectivity index (χ1v) is 5.59. The molecule has 1 aliphatic rings. The summed E-state index contributed by atoms with van der Waals surface area (Å²) in [6.45, 7) is 4.91. The molecule has 1 fully saturated rings. The Morgan fingerprint density at radius 3 is 2.94 bits per heavy atom. The largest absolute Gasteiger partial charge is 0.383 e. The van der Waals surface area contributed by atoms with Crippen molar-refractivity contribution in [2.24, 2.45) is 11.3 Å². The number of hydrogen-bond donors (Lipinski definition) is 2. The number of nitrogens with zero attached hydrogens (tertiary/aromatic N) is 1. The van der Waals surface area contributed by atoms with Crippen LogP contribution in [-0.4, -0.2) is 17.4 Å². The Morgan fingerprint density at radius 1 is 1.71 bits per heavy atom. The minimum Gasteiger partial charge on any atom is -0.383 e. The SMILES string of the molecule is CC1(C)CC1CNC(=O)c1cc(F)cnc1N. The lowest BCUT2D eigenvalue weighted by Gasteiger charge is -2.08. The highest BCUT2D eigenvalue weighted by molar-refractivity contribution is 5.98. The molecule has 2 rings (SSSR count). The second kappa shape index (κ2) is 3.98. The Balaban J connectivity index is 1.98. The van der Waals surface area contributed by atoms with Gasteiger partial charge in [-0.25, -0.2) is 9.37 Å². The number of aromatic nitrogens is 1. The van der Waals surface area contributed by atoms with E-state index < -0.39 is 5.82 Å². The Labute approximate surface area is 99.4 Å². The van der Waals surface area contributed by atoms with Crippen LogP contribution in [0.5, 0.6) is 0 Å². The summed E-state index contributed by atoms with van der Waals surface area (Å²) >= 11 is 0. The van der Waals surface area contributed by atoms with E-state index in [0.29, 0.717) is 17.9 Å². The Kier molecular flexibility index (Phi) is 2.77. The van der Waals surface area contributed by atoms with Gasteiger partial charge in [-0.3, -0.25) is 4.79 Å². The second-order valence-electron chi connectivity index (χ2n) is 5.19. The van der Waals surface area contributed by atoms with Crippen LogP contribution in [0.2, 0.25) is 0 Å². The van der Waals surface area contributed by atoms with Gasteiger partial charge in [0.05, 0.1) is 11.8 Å². The molecule has 1 saturated carbocycles. The molecule has 1 unspecified atom stereocenters. The van der Waals surface area contributed by atoms with Gasteiger partial charge in [0.15, 0.2) is 0 Å². The highest BCUT2D eigenvalue weighted by atomic mass is 19.1. The van der Waals surface area contributed by atoms with Crippen LogP contribution in [0.4, 0.5) is 10.2 Å². The summed E-state index contributed by atoms with van der Waals surface area (Å²) < 4.78 is 12.9. The van der Waals surface area contributed by atoms with Gasteiger partial charge in [-0.05, 0) is 23.8 Å². The third-order valence-electron chi connectivity index (χ3n) is 3.36. The van der Waals surface area contributed by atoms with E-state index in [0.717, 1.165) is 18.7 Å². The van der Waals surface area contributed by atoms with Gasteiger partial charge in [-0.2, -0.15) is 0 Å².